The van der Waals surface area contributed by atoms with Gasteiger partial charge in [0.25, 0.3) is 0 Å². The van der Waals surface area contributed by atoms with E-state index >= 15 is 0 Å². The normalized spacial score (nSPS) is 23.4. The molecule has 0 heterocycles. The summed E-state index contributed by atoms with van der Waals surface area (Å²) in [6, 6.07) is 8.87. The lowest BCUT2D eigenvalue weighted by Crippen LogP contribution is -2.16. The molecular weight excluding hydrogens is 198 g/mol. The van der Waals surface area contributed by atoms with Gasteiger partial charge in [0.1, 0.15) is 0 Å². The molecule has 2 heteroatoms. The van der Waals surface area contributed by atoms with Crippen LogP contribution >= 0.6 is 0 Å². The van der Waals surface area contributed by atoms with Crippen molar-refractivity contribution in [1.29, 1.82) is 0 Å². The standard InChI is InChI=1S/C14H21NO/c1-3-15-9-13-8-14(13)12-6-4-11(5-7-12)10-16-2/h4-7,13-15H,3,8-10H2,1-2H3. The van der Waals surface area contributed by atoms with Crippen molar-refractivity contribution in [1.82, 2.24) is 5.32 Å². The zero-order valence-corrected chi connectivity index (χ0v) is 10.2. The fourth-order valence-electron chi connectivity index (χ4n) is 2.24. The minimum Gasteiger partial charge on any atom is -0.380 e. The van der Waals surface area contributed by atoms with E-state index in [0.29, 0.717) is 6.61 Å². The molecule has 2 rings (SSSR count). The topological polar surface area (TPSA) is 21.3 Å². The van der Waals surface area contributed by atoms with E-state index in [9.17, 15) is 0 Å². The van der Waals surface area contributed by atoms with Crippen LogP contribution in [-0.4, -0.2) is 20.2 Å². The number of rotatable bonds is 6. The van der Waals surface area contributed by atoms with Crippen LogP contribution < -0.4 is 5.32 Å². The first kappa shape index (κ1) is 11.6. The first-order chi connectivity index (χ1) is 7.85. The average molecular weight is 219 g/mol. The summed E-state index contributed by atoms with van der Waals surface area (Å²) in [7, 11) is 1.74. The highest BCUT2D eigenvalue weighted by Crippen LogP contribution is 2.46. The Morgan fingerprint density at radius 1 is 1.31 bits per heavy atom. The van der Waals surface area contributed by atoms with E-state index in [1.807, 2.05) is 0 Å². The Bertz CT molecular complexity index is 320. The first-order valence-corrected chi connectivity index (χ1v) is 6.13. The second kappa shape index (κ2) is 5.46. The molecular formula is C14H21NO. The van der Waals surface area contributed by atoms with E-state index in [2.05, 4.69) is 36.5 Å². The van der Waals surface area contributed by atoms with Gasteiger partial charge >= 0.3 is 0 Å². The van der Waals surface area contributed by atoms with Crippen molar-refractivity contribution in [2.75, 3.05) is 20.2 Å². The summed E-state index contributed by atoms with van der Waals surface area (Å²) in [5, 5.41) is 3.42. The van der Waals surface area contributed by atoms with Gasteiger partial charge in [0.15, 0.2) is 0 Å². The molecule has 1 fully saturated rings. The molecule has 0 amide bonds. The molecule has 1 N–H and O–H groups in total. The molecule has 1 aliphatic carbocycles. The average Bonchev–Trinajstić information content (AvgIpc) is 3.07. The van der Waals surface area contributed by atoms with Crippen LogP contribution in [0.3, 0.4) is 0 Å². The highest BCUT2D eigenvalue weighted by atomic mass is 16.5. The van der Waals surface area contributed by atoms with Crippen molar-refractivity contribution in [2.45, 2.75) is 25.9 Å². The van der Waals surface area contributed by atoms with Crippen molar-refractivity contribution >= 4 is 0 Å². The first-order valence-electron chi connectivity index (χ1n) is 6.13. The molecule has 1 saturated carbocycles. The Morgan fingerprint density at radius 3 is 2.69 bits per heavy atom. The molecule has 0 aromatic heterocycles. The lowest BCUT2D eigenvalue weighted by Gasteiger charge is -2.04. The van der Waals surface area contributed by atoms with Gasteiger partial charge in [-0.25, -0.2) is 0 Å². The van der Waals surface area contributed by atoms with E-state index < -0.39 is 0 Å². The van der Waals surface area contributed by atoms with Gasteiger partial charge in [-0.2, -0.15) is 0 Å². The van der Waals surface area contributed by atoms with Gasteiger partial charge in [-0.3, -0.25) is 0 Å². The Kier molecular flexibility index (Phi) is 3.97. The van der Waals surface area contributed by atoms with Crippen LogP contribution in [0.5, 0.6) is 0 Å². The Balaban J connectivity index is 1.86. The van der Waals surface area contributed by atoms with Crippen LogP contribution in [-0.2, 0) is 11.3 Å². The van der Waals surface area contributed by atoms with Crippen LogP contribution in [0.1, 0.15) is 30.4 Å². The van der Waals surface area contributed by atoms with E-state index in [0.717, 1.165) is 18.4 Å². The molecule has 1 aromatic rings. The minimum absolute atomic E-state index is 0.714. The lowest BCUT2D eigenvalue weighted by atomic mass is 10.1. The largest absolute Gasteiger partial charge is 0.380 e. The Morgan fingerprint density at radius 2 is 2.06 bits per heavy atom. The molecule has 0 saturated heterocycles. The minimum atomic E-state index is 0.714. The van der Waals surface area contributed by atoms with E-state index in [1.54, 1.807) is 7.11 Å². The SMILES string of the molecule is CCNCC1CC1c1ccc(COC)cc1. The summed E-state index contributed by atoms with van der Waals surface area (Å²) >= 11 is 0. The van der Waals surface area contributed by atoms with Gasteiger partial charge in [0.05, 0.1) is 6.61 Å². The summed E-state index contributed by atoms with van der Waals surface area (Å²) in [6.45, 7) is 5.12. The van der Waals surface area contributed by atoms with Crippen LogP contribution in [0.4, 0.5) is 0 Å². The van der Waals surface area contributed by atoms with E-state index in [4.69, 9.17) is 4.74 Å². The highest BCUT2D eigenvalue weighted by Gasteiger charge is 2.37. The molecule has 1 aliphatic rings. The van der Waals surface area contributed by atoms with E-state index in [1.165, 1.54) is 24.1 Å². The van der Waals surface area contributed by atoms with Crippen LogP contribution in [0.15, 0.2) is 24.3 Å². The number of ether oxygens (including phenoxy) is 1. The molecule has 0 bridgehead atoms. The van der Waals surface area contributed by atoms with Gasteiger partial charge in [-0.1, -0.05) is 31.2 Å². The molecule has 2 atom stereocenters. The smallest absolute Gasteiger partial charge is 0.0713 e. The highest BCUT2D eigenvalue weighted by molar-refractivity contribution is 5.29. The van der Waals surface area contributed by atoms with Crippen LogP contribution in [0.25, 0.3) is 0 Å². The van der Waals surface area contributed by atoms with Gasteiger partial charge in [0.2, 0.25) is 0 Å². The maximum absolute atomic E-state index is 5.11. The van der Waals surface area contributed by atoms with Gasteiger partial charge in [-0.05, 0) is 42.5 Å². The Labute approximate surface area is 98.0 Å². The zero-order chi connectivity index (χ0) is 11.4. The predicted molar refractivity (Wildman–Crippen MR) is 66.5 cm³/mol. The van der Waals surface area contributed by atoms with Crippen molar-refractivity contribution in [3.63, 3.8) is 0 Å². The van der Waals surface area contributed by atoms with Gasteiger partial charge < -0.3 is 10.1 Å². The maximum atomic E-state index is 5.11. The van der Waals surface area contributed by atoms with Crippen molar-refractivity contribution in [3.8, 4) is 0 Å². The zero-order valence-electron chi connectivity index (χ0n) is 10.2. The molecule has 1 aromatic carbocycles. The second-order valence-electron chi connectivity index (χ2n) is 4.58. The fraction of sp³-hybridized carbons (Fsp3) is 0.571. The van der Waals surface area contributed by atoms with Crippen molar-refractivity contribution in [2.24, 2.45) is 5.92 Å². The monoisotopic (exact) mass is 219 g/mol. The third-order valence-electron chi connectivity index (χ3n) is 3.30. The van der Waals surface area contributed by atoms with Crippen molar-refractivity contribution < 1.29 is 4.74 Å². The van der Waals surface area contributed by atoms with Crippen LogP contribution in [0, 0.1) is 5.92 Å². The maximum Gasteiger partial charge on any atom is 0.0713 e. The number of nitrogens with one attached hydrogen (secondary N) is 1. The predicted octanol–water partition coefficient (Wildman–Crippen LogP) is 2.55. The molecule has 2 nitrogen and oxygen atoms in total. The number of benzene rings is 1. The number of hydrogen-bond acceptors (Lipinski definition) is 2. The summed E-state index contributed by atoms with van der Waals surface area (Å²) in [4.78, 5) is 0. The summed E-state index contributed by atoms with van der Waals surface area (Å²) in [5.41, 5.74) is 2.75. The molecule has 2 unspecified atom stereocenters. The fourth-order valence-corrected chi connectivity index (χ4v) is 2.24. The van der Waals surface area contributed by atoms with Crippen LogP contribution in [0.2, 0.25) is 0 Å². The number of methoxy groups -OCH3 is 1. The van der Waals surface area contributed by atoms with E-state index in [-0.39, 0.29) is 0 Å². The quantitative estimate of drug-likeness (QED) is 0.794. The molecule has 16 heavy (non-hydrogen) atoms. The van der Waals surface area contributed by atoms with Gasteiger partial charge in [-0.15, -0.1) is 0 Å². The second-order valence-corrected chi connectivity index (χ2v) is 4.58. The van der Waals surface area contributed by atoms with Crippen molar-refractivity contribution in [3.05, 3.63) is 35.4 Å². The molecule has 88 valence electrons. The molecule has 0 radical (unpaired) electrons. The number of hydrogen-bond donors (Lipinski definition) is 1. The third kappa shape index (κ3) is 2.83. The summed E-state index contributed by atoms with van der Waals surface area (Å²) in [6.07, 6.45) is 1.34. The van der Waals surface area contributed by atoms with Gasteiger partial charge in [0, 0.05) is 7.11 Å². The lowest BCUT2D eigenvalue weighted by molar-refractivity contribution is 0.185. The summed E-state index contributed by atoms with van der Waals surface area (Å²) in [5.74, 6) is 1.64. The third-order valence-corrected chi connectivity index (χ3v) is 3.30. The molecule has 0 spiro atoms. The summed E-state index contributed by atoms with van der Waals surface area (Å²) < 4.78 is 5.11. The Hall–Kier alpha value is -0.860. The molecule has 0 aliphatic heterocycles.